The van der Waals surface area contributed by atoms with Crippen molar-refractivity contribution in [2.24, 2.45) is 0 Å². The summed E-state index contributed by atoms with van der Waals surface area (Å²) in [4.78, 5) is 25.3. The molecule has 0 bridgehead atoms. The Bertz CT molecular complexity index is 987. The van der Waals surface area contributed by atoms with Gasteiger partial charge in [-0.05, 0) is 59.3 Å². The van der Waals surface area contributed by atoms with Crippen molar-refractivity contribution in [2.75, 3.05) is 0 Å². The Balaban J connectivity index is 1.87. The second kappa shape index (κ2) is 7.48. The van der Waals surface area contributed by atoms with Gasteiger partial charge in [0.15, 0.2) is 0 Å². The summed E-state index contributed by atoms with van der Waals surface area (Å²) in [5, 5.41) is 8.81. The number of nitrogens with zero attached hydrogens (tertiary/aromatic N) is 1. The van der Waals surface area contributed by atoms with Gasteiger partial charge in [-0.1, -0.05) is 17.7 Å². The Morgan fingerprint density at radius 1 is 1.14 bits per heavy atom. The molecule has 0 saturated carbocycles. The number of hydrogen-bond donors (Lipinski definition) is 1. The molecule has 1 N–H and O–H groups in total. The summed E-state index contributed by atoms with van der Waals surface area (Å²) in [5.74, 6) is -2.30. The highest BCUT2D eigenvalue weighted by atomic mass is 35.5. The van der Waals surface area contributed by atoms with Crippen LogP contribution in [0.2, 0.25) is 5.02 Å². The highest BCUT2D eigenvalue weighted by Gasteiger charge is 2.36. The van der Waals surface area contributed by atoms with Crippen molar-refractivity contribution in [3.05, 3.63) is 68.8 Å². The molecule has 10 heteroatoms. The zero-order valence-corrected chi connectivity index (χ0v) is 15.3. The van der Waals surface area contributed by atoms with E-state index < -0.39 is 34.5 Å². The van der Waals surface area contributed by atoms with Gasteiger partial charge in [0, 0.05) is 5.02 Å². The van der Waals surface area contributed by atoms with Gasteiger partial charge in [-0.2, -0.15) is 13.2 Å². The second-order valence-corrected chi connectivity index (χ2v) is 7.25. The second-order valence-electron chi connectivity index (χ2n) is 5.82. The minimum atomic E-state index is -4.77. The fraction of sp³-hybridized carbons (Fsp3) is 0.111. The van der Waals surface area contributed by atoms with E-state index in [1.54, 1.807) is 0 Å². The van der Waals surface area contributed by atoms with Crippen LogP contribution in [-0.4, -0.2) is 21.2 Å². The number of phenols is 1. The van der Waals surface area contributed by atoms with Gasteiger partial charge in [-0.25, -0.2) is 4.39 Å². The Morgan fingerprint density at radius 3 is 2.50 bits per heavy atom. The molecule has 2 aromatic carbocycles. The van der Waals surface area contributed by atoms with E-state index in [-0.39, 0.29) is 27.6 Å². The fourth-order valence-corrected chi connectivity index (χ4v) is 3.63. The Kier molecular flexibility index (Phi) is 5.40. The van der Waals surface area contributed by atoms with Crippen molar-refractivity contribution in [1.29, 1.82) is 0 Å². The molecule has 0 atom stereocenters. The lowest BCUT2D eigenvalue weighted by Gasteiger charge is -2.13. The molecule has 0 radical (unpaired) electrons. The van der Waals surface area contributed by atoms with E-state index in [4.69, 9.17) is 11.6 Å². The standard InChI is InChI=1S/C18H10ClF4NO3S/c19-11-3-10(4-12(20)7-11)8-24-16(26)15(28-17(24)27)6-9-1-2-14(25)13(5-9)18(21,22)23/h1-7,25H,8H2/b15-6+. The van der Waals surface area contributed by atoms with E-state index in [1.807, 2.05) is 0 Å². The fourth-order valence-electron chi connectivity index (χ4n) is 2.54. The number of phenolic OH excluding ortho intramolecular Hbond substituents is 1. The molecule has 2 amide bonds. The van der Waals surface area contributed by atoms with Crippen molar-refractivity contribution < 1.29 is 32.3 Å². The van der Waals surface area contributed by atoms with Crippen molar-refractivity contribution in [3.63, 3.8) is 0 Å². The van der Waals surface area contributed by atoms with Gasteiger partial charge >= 0.3 is 6.18 Å². The number of alkyl halides is 3. The number of imide groups is 1. The molecule has 146 valence electrons. The van der Waals surface area contributed by atoms with Crippen molar-refractivity contribution in [3.8, 4) is 5.75 Å². The largest absolute Gasteiger partial charge is 0.507 e. The SMILES string of the molecule is O=C1S/C(=C/c2ccc(O)c(C(F)(F)F)c2)C(=O)N1Cc1cc(F)cc(Cl)c1. The summed E-state index contributed by atoms with van der Waals surface area (Å²) in [5.41, 5.74) is -0.975. The smallest absolute Gasteiger partial charge is 0.419 e. The molecule has 1 fully saturated rings. The van der Waals surface area contributed by atoms with E-state index in [1.165, 1.54) is 12.1 Å². The van der Waals surface area contributed by atoms with Crippen LogP contribution >= 0.6 is 23.4 Å². The lowest BCUT2D eigenvalue weighted by Crippen LogP contribution is -2.27. The molecule has 2 aromatic rings. The first-order valence-corrected chi connectivity index (χ1v) is 8.84. The van der Waals surface area contributed by atoms with E-state index >= 15 is 0 Å². The lowest BCUT2D eigenvalue weighted by atomic mass is 10.1. The van der Waals surface area contributed by atoms with Crippen LogP contribution in [0.4, 0.5) is 22.4 Å². The van der Waals surface area contributed by atoms with Crippen molar-refractivity contribution in [2.45, 2.75) is 12.7 Å². The number of benzene rings is 2. The molecule has 1 saturated heterocycles. The maximum absolute atomic E-state index is 13.4. The number of carbonyl (C=O) groups is 2. The summed E-state index contributed by atoms with van der Waals surface area (Å²) in [6.07, 6.45) is -3.65. The van der Waals surface area contributed by atoms with Crippen LogP contribution in [0.25, 0.3) is 6.08 Å². The first-order valence-electron chi connectivity index (χ1n) is 7.65. The summed E-state index contributed by atoms with van der Waals surface area (Å²) in [7, 11) is 0. The summed E-state index contributed by atoms with van der Waals surface area (Å²) in [6.45, 7) is -0.233. The Morgan fingerprint density at radius 2 is 1.86 bits per heavy atom. The van der Waals surface area contributed by atoms with Crippen LogP contribution in [-0.2, 0) is 17.5 Å². The number of thioether (sulfide) groups is 1. The normalized spacial score (nSPS) is 16.3. The number of amides is 2. The highest BCUT2D eigenvalue weighted by molar-refractivity contribution is 8.18. The minimum Gasteiger partial charge on any atom is -0.507 e. The highest BCUT2D eigenvalue weighted by Crippen LogP contribution is 2.38. The molecule has 1 heterocycles. The van der Waals surface area contributed by atoms with Gasteiger partial charge in [-0.3, -0.25) is 14.5 Å². The van der Waals surface area contributed by atoms with Gasteiger partial charge in [0.25, 0.3) is 11.1 Å². The first-order chi connectivity index (χ1) is 13.0. The van der Waals surface area contributed by atoms with Crippen molar-refractivity contribution in [1.82, 2.24) is 4.90 Å². The average molecular weight is 432 g/mol. The van der Waals surface area contributed by atoms with Crippen LogP contribution in [0, 0.1) is 5.82 Å². The zero-order valence-electron chi connectivity index (χ0n) is 13.8. The van der Waals surface area contributed by atoms with Crippen molar-refractivity contribution >= 4 is 40.6 Å². The molecular weight excluding hydrogens is 422 g/mol. The first kappa shape index (κ1) is 20.2. The Labute approximate surface area is 165 Å². The predicted octanol–water partition coefficient (Wildman–Crippen LogP) is 5.44. The third-order valence-corrected chi connectivity index (χ3v) is 4.89. The minimum absolute atomic E-state index is 0.00979. The number of hydrogen-bond acceptors (Lipinski definition) is 4. The summed E-state index contributed by atoms with van der Waals surface area (Å²) >= 11 is 6.30. The molecule has 0 aliphatic carbocycles. The van der Waals surface area contributed by atoms with E-state index in [0.717, 1.165) is 29.2 Å². The number of halogens is 5. The molecule has 1 aliphatic heterocycles. The van der Waals surface area contributed by atoms with Crippen LogP contribution < -0.4 is 0 Å². The molecular formula is C18H10ClF4NO3S. The number of aromatic hydroxyl groups is 1. The van der Waals surface area contributed by atoms with Crippen LogP contribution in [0.3, 0.4) is 0 Å². The maximum Gasteiger partial charge on any atom is 0.419 e. The van der Waals surface area contributed by atoms with Gasteiger partial charge in [0.2, 0.25) is 0 Å². The molecule has 0 unspecified atom stereocenters. The predicted molar refractivity (Wildman–Crippen MR) is 96.0 cm³/mol. The van der Waals surface area contributed by atoms with Crippen LogP contribution in [0.5, 0.6) is 5.75 Å². The summed E-state index contributed by atoms with van der Waals surface area (Å²) < 4.78 is 52.1. The molecule has 28 heavy (non-hydrogen) atoms. The van der Waals surface area contributed by atoms with Crippen LogP contribution in [0.1, 0.15) is 16.7 Å². The number of carbonyl (C=O) groups excluding carboxylic acids is 2. The molecule has 3 rings (SSSR count). The monoisotopic (exact) mass is 431 g/mol. The van der Waals surface area contributed by atoms with Gasteiger partial charge < -0.3 is 5.11 Å². The zero-order chi connectivity index (χ0) is 20.6. The van der Waals surface area contributed by atoms with E-state index in [9.17, 15) is 32.3 Å². The quantitative estimate of drug-likeness (QED) is 0.519. The molecule has 4 nitrogen and oxygen atoms in total. The van der Waals surface area contributed by atoms with Gasteiger partial charge in [0.1, 0.15) is 11.6 Å². The van der Waals surface area contributed by atoms with Gasteiger partial charge in [0.05, 0.1) is 17.0 Å². The molecule has 1 aliphatic rings. The third-order valence-electron chi connectivity index (χ3n) is 3.76. The van der Waals surface area contributed by atoms with Crippen LogP contribution in [0.15, 0.2) is 41.3 Å². The van der Waals surface area contributed by atoms with E-state index in [0.29, 0.717) is 17.8 Å². The third kappa shape index (κ3) is 4.31. The topological polar surface area (TPSA) is 57.6 Å². The molecule has 0 aromatic heterocycles. The maximum atomic E-state index is 13.4. The van der Waals surface area contributed by atoms with Gasteiger partial charge in [-0.15, -0.1) is 0 Å². The molecule has 0 spiro atoms. The Hall–Kier alpha value is -2.52. The van der Waals surface area contributed by atoms with E-state index in [2.05, 4.69) is 0 Å². The average Bonchev–Trinajstić information content (AvgIpc) is 2.82. The summed E-state index contributed by atoms with van der Waals surface area (Å²) in [6, 6.07) is 6.30. The number of rotatable bonds is 3. The lowest BCUT2D eigenvalue weighted by molar-refractivity contribution is -0.138.